The van der Waals surface area contributed by atoms with E-state index in [1.54, 1.807) is 19.2 Å². The van der Waals surface area contributed by atoms with Crippen LogP contribution in [0.5, 0.6) is 11.5 Å². The van der Waals surface area contributed by atoms with Crippen LogP contribution >= 0.6 is 15.9 Å². The zero-order valence-corrected chi connectivity index (χ0v) is 22.2. The fourth-order valence-electron chi connectivity index (χ4n) is 4.37. The molecule has 0 aliphatic heterocycles. The Morgan fingerprint density at radius 3 is 2.32 bits per heavy atom. The summed E-state index contributed by atoms with van der Waals surface area (Å²) in [5.41, 5.74) is 2.29. The molecule has 5 nitrogen and oxygen atoms in total. The van der Waals surface area contributed by atoms with E-state index in [0.29, 0.717) is 33.8 Å². The highest BCUT2D eigenvalue weighted by Crippen LogP contribution is 2.38. The standard InChI is InChI=1S/C32H23BrN2O3/c1-37-30-18-21(16-25(19-34)32(36)35-29-15-7-11-23-9-3-5-14-27(23)29)17-28(33)31(30)38-20-24-12-6-10-22-8-2-4-13-26(22)24/h2-18H,20H2,1H3,(H,35,36)/b25-16+. The number of carbonyl (C=O) groups excluding carboxylic acids is 1. The summed E-state index contributed by atoms with van der Waals surface area (Å²) in [5.74, 6) is 0.532. The summed E-state index contributed by atoms with van der Waals surface area (Å²) in [6, 6.07) is 33.2. The first-order valence-electron chi connectivity index (χ1n) is 12.0. The highest BCUT2D eigenvalue weighted by atomic mass is 79.9. The molecule has 0 heterocycles. The van der Waals surface area contributed by atoms with Crippen LogP contribution in [0.1, 0.15) is 11.1 Å². The lowest BCUT2D eigenvalue weighted by molar-refractivity contribution is -0.112. The van der Waals surface area contributed by atoms with E-state index < -0.39 is 5.91 Å². The Morgan fingerprint density at radius 2 is 1.58 bits per heavy atom. The van der Waals surface area contributed by atoms with Crippen LogP contribution in [0.3, 0.4) is 0 Å². The number of nitrogens with zero attached hydrogens (tertiary/aromatic N) is 1. The van der Waals surface area contributed by atoms with E-state index in [9.17, 15) is 10.1 Å². The monoisotopic (exact) mass is 562 g/mol. The third-order valence-electron chi connectivity index (χ3n) is 6.22. The van der Waals surface area contributed by atoms with Gasteiger partial charge >= 0.3 is 0 Å². The molecule has 186 valence electrons. The quantitative estimate of drug-likeness (QED) is 0.162. The summed E-state index contributed by atoms with van der Waals surface area (Å²) in [4.78, 5) is 13.0. The Bertz CT molecular complexity index is 1730. The van der Waals surface area contributed by atoms with Gasteiger partial charge in [0, 0.05) is 11.1 Å². The van der Waals surface area contributed by atoms with Gasteiger partial charge in [-0.25, -0.2) is 0 Å². The number of amides is 1. The van der Waals surface area contributed by atoms with E-state index >= 15 is 0 Å². The van der Waals surface area contributed by atoms with Crippen molar-refractivity contribution in [2.45, 2.75) is 6.61 Å². The van der Waals surface area contributed by atoms with Crippen molar-refractivity contribution in [3.63, 3.8) is 0 Å². The number of nitriles is 1. The van der Waals surface area contributed by atoms with Gasteiger partial charge in [-0.2, -0.15) is 5.26 Å². The molecule has 0 spiro atoms. The maximum atomic E-state index is 13.0. The Morgan fingerprint density at radius 1 is 0.921 bits per heavy atom. The van der Waals surface area contributed by atoms with Gasteiger partial charge in [0.05, 0.1) is 11.6 Å². The lowest BCUT2D eigenvalue weighted by atomic mass is 10.1. The molecule has 38 heavy (non-hydrogen) atoms. The van der Waals surface area contributed by atoms with Crippen LogP contribution < -0.4 is 14.8 Å². The SMILES string of the molecule is COc1cc(/C=C(\C#N)C(=O)Nc2cccc3ccccc23)cc(Br)c1OCc1cccc2ccccc12. The van der Waals surface area contributed by atoms with Gasteiger partial charge in [0.2, 0.25) is 0 Å². The van der Waals surface area contributed by atoms with Gasteiger partial charge in [0.15, 0.2) is 11.5 Å². The van der Waals surface area contributed by atoms with Gasteiger partial charge in [0.1, 0.15) is 18.2 Å². The number of hydrogen-bond acceptors (Lipinski definition) is 4. The summed E-state index contributed by atoms with van der Waals surface area (Å²) >= 11 is 3.57. The Kier molecular flexibility index (Phi) is 7.39. The van der Waals surface area contributed by atoms with Crippen LogP contribution in [0.15, 0.2) is 107 Å². The minimum atomic E-state index is -0.491. The van der Waals surface area contributed by atoms with Crippen molar-refractivity contribution >= 4 is 55.1 Å². The van der Waals surface area contributed by atoms with E-state index in [1.807, 2.05) is 72.8 Å². The van der Waals surface area contributed by atoms with E-state index in [4.69, 9.17) is 9.47 Å². The second kappa shape index (κ2) is 11.2. The highest BCUT2D eigenvalue weighted by molar-refractivity contribution is 9.10. The molecule has 1 N–H and O–H groups in total. The van der Waals surface area contributed by atoms with Crippen molar-refractivity contribution in [1.29, 1.82) is 5.26 Å². The third kappa shape index (κ3) is 5.24. The summed E-state index contributed by atoms with van der Waals surface area (Å²) in [7, 11) is 1.55. The Hall–Kier alpha value is -4.60. The molecule has 0 saturated heterocycles. The molecule has 5 aromatic carbocycles. The number of halogens is 1. The first-order valence-corrected chi connectivity index (χ1v) is 12.7. The van der Waals surface area contributed by atoms with Crippen molar-refractivity contribution in [2.75, 3.05) is 12.4 Å². The molecule has 1 amide bonds. The third-order valence-corrected chi connectivity index (χ3v) is 6.81. The minimum absolute atomic E-state index is 0.0312. The highest BCUT2D eigenvalue weighted by Gasteiger charge is 2.15. The van der Waals surface area contributed by atoms with Crippen molar-refractivity contribution < 1.29 is 14.3 Å². The normalized spacial score (nSPS) is 11.2. The van der Waals surface area contributed by atoms with Crippen LogP contribution in [0.25, 0.3) is 27.6 Å². The Labute approximate surface area is 229 Å². The molecule has 5 aromatic rings. The number of nitrogens with one attached hydrogen (secondary N) is 1. The number of ether oxygens (including phenoxy) is 2. The van der Waals surface area contributed by atoms with Gasteiger partial charge in [-0.3, -0.25) is 4.79 Å². The van der Waals surface area contributed by atoms with Gasteiger partial charge < -0.3 is 14.8 Å². The van der Waals surface area contributed by atoms with Gasteiger partial charge in [0.25, 0.3) is 5.91 Å². The van der Waals surface area contributed by atoms with Crippen LogP contribution in [-0.4, -0.2) is 13.0 Å². The number of rotatable bonds is 7. The molecule has 0 radical (unpaired) electrons. The van der Waals surface area contributed by atoms with Gasteiger partial charge in [-0.05, 0) is 67.5 Å². The van der Waals surface area contributed by atoms with E-state index in [0.717, 1.165) is 27.1 Å². The summed E-state index contributed by atoms with van der Waals surface area (Å²) in [6.45, 7) is 0.350. The van der Waals surface area contributed by atoms with Crippen LogP contribution in [0.2, 0.25) is 0 Å². The summed E-state index contributed by atoms with van der Waals surface area (Å²) < 4.78 is 12.4. The lowest BCUT2D eigenvalue weighted by Gasteiger charge is -2.15. The predicted molar refractivity (Wildman–Crippen MR) is 155 cm³/mol. The molecule has 0 saturated carbocycles. The molecule has 0 aliphatic carbocycles. The van der Waals surface area contributed by atoms with E-state index in [2.05, 4.69) is 39.4 Å². The zero-order chi connectivity index (χ0) is 26.5. The van der Waals surface area contributed by atoms with E-state index in [-0.39, 0.29) is 5.57 Å². The predicted octanol–water partition coefficient (Wildman–Crippen LogP) is 7.89. The average Bonchev–Trinajstić information content (AvgIpc) is 2.95. The topological polar surface area (TPSA) is 71.3 Å². The van der Waals surface area contributed by atoms with Gasteiger partial charge in [-0.1, -0.05) is 78.9 Å². The van der Waals surface area contributed by atoms with Crippen LogP contribution in [-0.2, 0) is 11.4 Å². The lowest BCUT2D eigenvalue weighted by Crippen LogP contribution is -2.13. The average molecular weight is 563 g/mol. The molecule has 0 aliphatic rings. The van der Waals surface area contributed by atoms with Crippen LogP contribution in [0, 0.1) is 11.3 Å². The molecule has 0 atom stereocenters. The first kappa shape index (κ1) is 25.1. The molecule has 6 heteroatoms. The molecular formula is C32H23BrN2O3. The molecule has 0 aromatic heterocycles. The summed E-state index contributed by atoms with van der Waals surface area (Å²) in [5, 5.41) is 16.8. The number of benzene rings is 5. The summed E-state index contributed by atoms with van der Waals surface area (Å²) in [6.07, 6.45) is 1.53. The number of fused-ring (bicyclic) bond motifs is 2. The van der Waals surface area contributed by atoms with Crippen molar-refractivity contribution in [3.05, 3.63) is 118 Å². The van der Waals surface area contributed by atoms with Gasteiger partial charge in [-0.15, -0.1) is 0 Å². The molecular weight excluding hydrogens is 540 g/mol. The number of anilines is 1. The van der Waals surface area contributed by atoms with E-state index in [1.165, 1.54) is 6.08 Å². The maximum Gasteiger partial charge on any atom is 0.266 e. The molecule has 0 bridgehead atoms. The molecule has 5 rings (SSSR count). The smallest absolute Gasteiger partial charge is 0.266 e. The fourth-order valence-corrected chi connectivity index (χ4v) is 4.94. The number of carbonyl (C=O) groups is 1. The second-order valence-corrected chi connectivity index (χ2v) is 9.47. The van der Waals surface area contributed by atoms with Crippen molar-refractivity contribution in [3.8, 4) is 17.6 Å². The molecule has 0 unspecified atom stereocenters. The Balaban J connectivity index is 1.39. The molecule has 0 fully saturated rings. The minimum Gasteiger partial charge on any atom is -0.493 e. The maximum absolute atomic E-state index is 13.0. The zero-order valence-electron chi connectivity index (χ0n) is 20.6. The first-order chi connectivity index (χ1) is 18.6. The number of methoxy groups -OCH3 is 1. The largest absolute Gasteiger partial charge is 0.493 e. The van der Waals surface area contributed by atoms with Crippen LogP contribution in [0.4, 0.5) is 5.69 Å². The van der Waals surface area contributed by atoms with Crippen molar-refractivity contribution in [2.24, 2.45) is 0 Å². The number of hydrogen-bond donors (Lipinski definition) is 1. The fraction of sp³-hybridized carbons (Fsp3) is 0.0625. The second-order valence-electron chi connectivity index (χ2n) is 8.61. The van der Waals surface area contributed by atoms with Crippen molar-refractivity contribution in [1.82, 2.24) is 0 Å².